The number of carbonyl (C=O) groups is 2. The monoisotopic (exact) mass is 183 g/mol. The van der Waals surface area contributed by atoms with Crippen LogP contribution in [0.1, 0.15) is 12.8 Å². The van der Waals surface area contributed by atoms with Gasteiger partial charge in [-0.1, -0.05) is 0 Å². The summed E-state index contributed by atoms with van der Waals surface area (Å²) in [6.07, 6.45) is 0.297. The first-order chi connectivity index (χ1) is 4.54. The Bertz CT molecular complexity index is 149. The zero-order valence-corrected chi connectivity index (χ0v) is 6.65. The van der Waals surface area contributed by atoms with Crippen LogP contribution in [0.15, 0.2) is 0 Å². The first-order valence-electron chi connectivity index (χ1n) is 2.67. The van der Waals surface area contributed by atoms with E-state index < -0.39 is 16.5 Å². The van der Waals surface area contributed by atoms with Gasteiger partial charge in [-0.25, -0.2) is 0 Å². The molecule has 0 radical (unpaired) electrons. The highest BCUT2D eigenvalue weighted by Crippen LogP contribution is 2.00. The van der Waals surface area contributed by atoms with E-state index in [0.717, 1.165) is 0 Å². The van der Waals surface area contributed by atoms with E-state index in [9.17, 15) is 9.59 Å². The third-order valence-corrected chi connectivity index (χ3v) is 1.41. The largest absolute Gasteiger partial charge is 0.320 e. The molecule has 0 rings (SSSR count). The standard InChI is InChI=1S/C5H7Cl2NO2/c6-4(9)2-1-3(8)5(7)10/h3H,1-2,8H2/t3-/m1/s1. The Morgan fingerprint density at radius 2 is 1.90 bits per heavy atom. The lowest BCUT2D eigenvalue weighted by Crippen LogP contribution is -2.26. The van der Waals surface area contributed by atoms with E-state index in [1.165, 1.54) is 0 Å². The van der Waals surface area contributed by atoms with Gasteiger partial charge in [0.05, 0.1) is 6.04 Å². The third-order valence-electron chi connectivity index (χ3n) is 0.943. The Kier molecular flexibility index (Phi) is 4.60. The lowest BCUT2D eigenvalue weighted by atomic mass is 10.2. The lowest BCUT2D eigenvalue weighted by Gasteiger charge is -2.01. The van der Waals surface area contributed by atoms with E-state index in [1.54, 1.807) is 0 Å². The molecule has 2 N–H and O–H groups in total. The molecule has 5 heteroatoms. The number of hydrogen-bond donors (Lipinski definition) is 1. The molecule has 0 aromatic rings. The Labute approximate surface area is 68.5 Å². The molecule has 10 heavy (non-hydrogen) atoms. The highest BCUT2D eigenvalue weighted by atomic mass is 35.5. The van der Waals surface area contributed by atoms with Gasteiger partial charge in [0, 0.05) is 6.42 Å². The molecule has 0 amide bonds. The SMILES string of the molecule is N[C@H](CCC(=O)Cl)C(=O)Cl. The zero-order valence-electron chi connectivity index (χ0n) is 5.14. The minimum Gasteiger partial charge on any atom is -0.320 e. The predicted octanol–water partition coefficient (Wildman–Crippen LogP) is 0.625. The van der Waals surface area contributed by atoms with E-state index in [4.69, 9.17) is 28.9 Å². The Morgan fingerprint density at radius 1 is 1.40 bits per heavy atom. The van der Waals surface area contributed by atoms with Crippen molar-refractivity contribution in [2.24, 2.45) is 5.73 Å². The maximum Gasteiger partial charge on any atom is 0.238 e. The first kappa shape index (κ1) is 9.88. The van der Waals surface area contributed by atoms with Gasteiger partial charge < -0.3 is 5.73 Å². The molecule has 0 saturated heterocycles. The fourth-order valence-corrected chi connectivity index (χ4v) is 0.601. The molecule has 0 aromatic heterocycles. The van der Waals surface area contributed by atoms with Crippen molar-refractivity contribution in [3.8, 4) is 0 Å². The Hall–Kier alpha value is -0.120. The van der Waals surface area contributed by atoms with E-state index in [2.05, 4.69) is 0 Å². The average Bonchev–Trinajstić information content (AvgIpc) is 1.82. The highest BCUT2D eigenvalue weighted by Gasteiger charge is 2.10. The molecule has 0 heterocycles. The van der Waals surface area contributed by atoms with Crippen LogP contribution in [0.2, 0.25) is 0 Å². The summed E-state index contributed by atoms with van der Waals surface area (Å²) in [4.78, 5) is 20.4. The molecule has 0 fully saturated rings. The van der Waals surface area contributed by atoms with E-state index >= 15 is 0 Å². The van der Waals surface area contributed by atoms with Crippen LogP contribution >= 0.6 is 23.2 Å². The lowest BCUT2D eigenvalue weighted by molar-refractivity contribution is -0.113. The number of hydrogen-bond acceptors (Lipinski definition) is 3. The van der Waals surface area contributed by atoms with Crippen LogP contribution in [0, 0.1) is 0 Å². The van der Waals surface area contributed by atoms with Crippen LogP contribution in [0.5, 0.6) is 0 Å². The minimum atomic E-state index is -0.774. The number of carbonyl (C=O) groups excluding carboxylic acids is 2. The summed E-state index contributed by atoms with van der Waals surface area (Å²) < 4.78 is 0. The fraction of sp³-hybridized carbons (Fsp3) is 0.600. The normalized spacial score (nSPS) is 12.7. The van der Waals surface area contributed by atoms with Crippen LogP contribution in [-0.4, -0.2) is 16.5 Å². The predicted molar refractivity (Wildman–Crippen MR) is 38.9 cm³/mol. The fourth-order valence-electron chi connectivity index (χ4n) is 0.382. The molecule has 0 aliphatic heterocycles. The third kappa shape index (κ3) is 4.73. The second-order valence-electron chi connectivity index (χ2n) is 1.80. The molecule has 0 spiro atoms. The average molecular weight is 184 g/mol. The summed E-state index contributed by atoms with van der Waals surface area (Å²) in [5.41, 5.74) is 5.17. The Morgan fingerprint density at radius 3 is 2.20 bits per heavy atom. The summed E-state index contributed by atoms with van der Waals surface area (Å²) >= 11 is 9.97. The second-order valence-corrected chi connectivity index (χ2v) is 2.60. The van der Waals surface area contributed by atoms with E-state index in [-0.39, 0.29) is 12.8 Å². The van der Waals surface area contributed by atoms with Gasteiger partial charge in [0.2, 0.25) is 10.5 Å². The van der Waals surface area contributed by atoms with Crippen molar-refractivity contribution in [2.75, 3.05) is 0 Å². The van der Waals surface area contributed by atoms with Crippen LogP contribution in [0.4, 0.5) is 0 Å². The van der Waals surface area contributed by atoms with Crippen molar-refractivity contribution < 1.29 is 9.59 Å². The molecule has 3 nitrogen and oxygen atoms in total. The second kappa shape index (κ2) is 4.66. The van der Waals surface area contributed by atoms with Crippen molar-refractivity contribution in [3.05, 3.63) is 0 Å². The van der Waals surface area contributed by atoms with Gasteiger partial charge in [-0.2, -0.15) is 0 Å². The maximum atomic E-state index is 10.2. The van der Waals surface area contributed by atoms with Crippen molar-refractivity contribution >= 4 is 33.7 Å². The highest BCUT2D eigenvalue weighted by molar-refractivity contribution is 6.65. The smallest absolute Gasteiger partial charge is 0.238 e. The van der Waals surface area contributed by atoms with Gasteiger partial charge in [-0.3, -0.25) is 9.59 Å². The number of nitrogens with two attached hydrogens (primary N) is 1. The van der Waals surface area contributed by atoms with Gasteiger partial charge in [-0.15, -0.1) is 0 Å². The van der Waals surface area contributed by atoms with Crippen molar-refractivity contribution in [1.29, 1.82) is 0 Å². The molecule has 0 unspecified atom stereocenters. The number of rotatable bonds is 4. The van der Waals surface area contributed by atoms with Crippen molar-refractivity contribution in [1.82, 2.24) is 0 Å². The molecular weight excluding hydrogens is 177 g/mol. The summed E-state index contributed by atoms with van der Waals surface area (Å²) in [5, 5.41) is -1.15. The zero-order chi connectivity index (χ0) is 8.15. The van der Waals surface area contributed by atoms with Crippen LogP contribution in [0.3, 0.4) is 0 Å². The van der Waals surface area contributed by atoms with Crippen molar-refractivity contribution in [3.63, 3.8) is 0 Å². The van der Waals surface area contributed by atoms with Gasteiger partial charge in [0.15, 0.2) is 0 Å². The van der Waals surface area contributed by atoms with E-state index in [1.807, 2.05) is 0 Å². The van der Waals surface area contributed by atoms with Gasteiger partial charge in [-0.05, 0) is 29.6 Å². The van der Waals surface area contributed by atoms with Crippen LogP contribution < -0.4 is 5.73 Å². The molecule has 0 aliphatic carbocycles. The molecule has 58 valence electrons. The maximum absolute atomic E-state index is 10.2. The number of halogens is 2. The van der Waals surface area contributed by atoms with Gasteiger partial charge in [0.1, 0.15) is 0 Å². The Balaban J connectivity index is 3.49. The van der Waals surface area contributed by atoms with Crippen LogP contribution in [-0.2, 0) is 9.59 Å². The molecule has 0 aliphatic rings. The first-order valence-corrected chi connectivity index (χ1v) is 3.43. The van der Waals surface area contributed by atoms with Crippen LogP contribution in [0.25, 0.3) is 0 Å². The van der Waals surface area contributed by atoms with E-state index in [0.29, 0.717) is 0 Å². The summed E-state index contributed by atoms with van der Waals surface area (Å²) in [6, 6.07) is -0.774. The van der Waals surface area contributed by atoms with Crippen molar-refractivity contribution in [2.45, 2.75) is 18.9 Å². The quantitative estimate of drug-likeness (QED) is 0.651. The molecule has 1 atom stereocenters. The topological polar surface area (TPSA) is 60.2 Å². The van der Waals surface area contributed by atoms with Gasteiger partial charge >= 0.3 is 0 Å². The molecule has 0 bridgehead atoms. The minimum absolute atomic E-state index is 0.0845. The summed E-state index contributed by atoms with van der Waals surface area (Å²) in [7, 11) is 0. The summed E-state index contributed by atoms with van der Waals surface area (Å²) in [5.74, 6) is 0. The molecule has 0 saturated carbocycles. The summed E-state index contributed by atoms with van der Waals surface area (Å²) in [6.45, 7) is 0. The molecule has 0 aromatic carbocycles. The van der Waals surface area contributed by atoms with Gasteiger partial charge in [0.25, 0.3) is 0 Å². The molecular formula is C5H7Cl2NO2.